The van der Waals surface area contributed by atoms with E-state index in [1.807, 2.05) is 51.1 Å². The molecule has 1 saturated heterocycles. The number of fused-ring (bicyclic) bond motifs is 1. The second-order valence-electron chi connectivity index (χ2n) is 9.10. The number of alkyl carbamates (subject to hydrolysis) is 1. The molecular weight excluding hydrogens is 372 g/mol. The van der Waals surface area contributed by atoms with Crippen molar-refractivity contribution in [2.24, 2.45) is 11.3 Å². The molecule has 7 nitrogen and oxygen atoms in total. The molecule has 1 aromatic carbocycles. The van der Waals surface area contributed by atoms with Crippen LogP contribution >= 0.6 is 0 Å². The van der Waals surface area contributed by atoms with E-state index in [0.717, 1.165) is 24.8 Å². The van der Waals surface area contributed by atoms with Gasteiger partial charge in [0.2, 0.25) is 5.91 Å². The van der Waals surface area contributed by atoms with Gasteiger partial charge in [-0.15, -0.1) is 0 Å². The smallest absolute Gasteiger partial charge is 0.408 e. The molecule has 2 amide bonds. The van der Waals surface area contributed by atoms with Crippen molar-refractivity contribution in [2.75, 3.05) is 0 Å². The van der Waals surface area contributed by atoms with Crippen molar-refractivity contribution in [3.8, 4) is 0 Å². The molecule has 2 aliphatic rings. The minimum absolute atomic E-state index is 0.0596. The minimum atomic E-state index is -0.980. The van der Waals surface area contributed by atoms with Crippen molar-refractivity contribution in [2.45, 2.75) is 71.2 Å². The maximum Gasteiger partial charge on any atom is 0.408 e. The van der Waals surface area contributed by atoms with Gasteiger partial charge in [-0.3, -0.25) is 4.79 Å². The first-order valence-corrected chi connectivity index (χ1v) is 10.2. The zero-order valence-electron chi connectivity index (χ0n) is 17.3. The Morgan fingerprint density at radius 1 is 1.21 bits per heavy atom. The van der Waals surface area contributed by atoms with Crippen LogP contribution in [0.5, 0.6) is 0 Å². The van der Waals surface area contributed by atoms with E-state index in [2.05, 4.69) is 5.32 Å². The third-order valence-corrected chi connectivity index (χ3v) is 5.97. The maximum absolute atomic E-state index is 13.5. The van der Waals surface area contributed by atoms with Crippen LogP contribution < -0.4 is 5.32 Å². The Hall–Kier alpha value is -2.57. The number of rotatable bonds is 5. The lowest BCUT2D eigenvalue weighted by Crippen LogP contribution is -2.58. The Morgan fingerprint density at radius 3 is 2.52 bits per heavy atom. The lowest BCUT2D eigenvalue weighted by molar-refractivity contribution is -0.151. The Kier molecular flexibility index (Phi) is 6.15. The zero-order chi connectivity index (χ0) is 21.2. The number of nitrogens with one attached hydrogen (secondary N) is 1. The van der Waals surface area contributed by atoms with Crippen LogP contribution in [0.1, 0.15) is 52.0 Å². The standard InChI is InChI=1S/C22H30N2O5/c1-22(2,3)18(23-21(28)29-13-14-8-5-4-6-9-14)19(25)24-16-11-7-10-15(16)12-17(24)20(26)27/h4-6,8-9,15-18H,7,10-13H2,1-3H3,(H,23,28)(H,26,27)/t15-,16-,17?,18+/m0/s1. The van der Waals surface area contributed by atoms with Crippen molar-refractivity contribution >= 4 is 18.0 Å². The van der Waals surface area contributed by atoms with E-state index in [1.54, 1.807) is 0 Å². The van der Waals surface area contributed by atoms with Gasteiger partial charge in [0, 0.05) is 6.04 Å². The van der Waals surface area contributed by atoms with Gasteiger partial charge >= 0.3 is 12.1 Å². The summed E-state index contributed by atoms with van der Waals surface area (Å²) in [7, 11) is 0. The highest BCUT2D eigenvalue weighted by Crippen LogP contribution is 2.42. The quantitative estimate of drug-likeness (QED) is 0.789. The largest absolute Gasteiger partial charge is 0.480 e. The first-order chi connectivity index (χ1) is 13.7. The number of nitrogens with zero attached hydrogens (tertiary/aromatic N) is 1. The summed E-state index contributed by atoms with van der Waals surface area (Å²) in [6, 6.07) is 7.53. The molecule has 1 heterocycles. The van der Waals surface area contributed by atoms with E-state index >= 15 is 0 Å². The number of likely N-dealkylation sites (tertiary alicyclic amines) is 1. The van der Waals surface area contributed by atoms with Crippen LogP contribution in [0.2, 0.25) is 0 Å². The van der Waals surface area contributed by atoms with E-state index in [0.29, 0.717) is 6.42 Å². The fourth-order valence-electron chi connectivity index (χ4n) is 4.51. The van der Waals surface area contributed by atoms with Gasteiger partial charge in [-0.2, -0.15) is 0 Å². The predicted molar refractivity (Wildman–Crippen MR) is 107 cm³/mol. The number of carbonyl (C=O) groups is 3. The Bertz CT molecular complexity index is 758. The molecule has 0 aromatic heterocycles. The molecule has 3 rings (SSSR count). The first-order valence-electron chi connectivity index (χ1n) is 10.2. The van der Waals surface area contributed by atoms with Crippen molar-refractivity contribution < 1.29 is 24.2 Å². The number of carboxylic acid groups (broad SMARTS) is 1. The number of hydrogen-bond donors (Lipinski definition) is 2. The summed E-state index contributed by atoms with van der Waals surface area (Å²) in [5.74, 6) is -1.09. The monoisotopic (exact) mass is 402 g/mol. The number of benzene rings is 1. The van der Waals surface area contributed by atoms with Crippen molar-refractivity contribution in [1.82, 2.24) is 10.2 Å². The summed E-state index contributed by atoms with van der Waals surface area (Å²) in [6.07, 6.45) is 2.57. The molecule has 2 N–H and O–H groups in total. The molecule has 1 saturated carbocycles. The predicted octanol–water partition coefficient (Wildman–Crippen LogP) is 3.18. The molecule has 0 spiro atoms. The molecule has 7 heteroatoms. The average molecular weight is 402 g/mol. The molecule has 1 aliphatic carbocycles. The van der Waals surface area contributed by atoms with Crippen LogP contribution in [0, 0.1) is 11.3 Å². The lowest BCUT2D eigenvalue weighted by atomic mass is 9.85. The van der Waals surface area contributed by atoms with Crippen LogP contribution in [0.25, 0.3) is 0 Å². The fraction of sp³-hybridized carbons (Fsp3) is 0.591. The summed E-state index contributed by atoms with van der Waals surface area (Å²) in [5.41, 5.74) is 0.253. The van der Waals surface area contributed by atoms with Gasteiger partial charge in [-0.25, -0.2) is 9.59 Å². The Morgan fingerprint density at radius 2 is 1.90 bits per heavy atom. The topological polar surface area (TPSA) is 95.9 Å². The molecule has 2 fully saturated rings. The van der Waals surface area contributed by atoms with Gasteiger partial charge in [-0.1, -0.05) is 57.5 Å². The van der Waals surface area contributed by atoms with Crippen LogP contribution in [-0.4, -0.2) is 46.1 Å². The number of aliphatic carboxylic acids is 1. The Labute approximate surface area is 171 Å². The summed E-state index contributed by atoms with van der Waals surface area (Å²) in [4.78, 5) is 39.2. The van der Waals surface area contributed by atoms with Crippen LogP contribution in [0.3, 0.4) is 0 Å². The van der Waals surface area contributed by atoms with E-state index < -0.39 is 29.6 Å². The molecule has 0 radical (unpaired) electrons. The molecule has 1 aromatic rings. The van der Waals surface area contributed by atoms with Crippen LogP contribution in [0.4, 0.5) is 4.79 Å². The van der Waals surface area contributed by atoms with Crippen LogP contribution in [-0.2, 0) is 20.9 Å². The molecule has 4 atom stereocenters. The summed E-state index contributed by atoms with van der Waals surface area (Å²) < 4.78 is 5.29. The molecule has 0 bridgehead atoms. The molecular formula is C22H30N2O5. The van der Waals surface area contributed by atoms with Gasteiger partial charge < -0.3 is 20.1 Å². The second-order valence-corrected chi connectivity index (χ2v) is 9.10. The highest BCUT2D eigenvalue weighted by atomic mass is 16.5. The zero-order valence-corrected chi connectivity index (χ0v) is 17.3. The number of hydrogen-bond acceptors (Lipinski definition) is 4. The van der Waals surface area contributed by atoms with E-state index in [9.17, 15) is 19.5 Å². The van der Waals surface area contributed by atoms with Crippen molar-refractivity contribution in [1.29, 1.82) is 0 Å². The summed E-state index contributed by atoms with van der Waals surface area (Å²) in [6.45, 7) is 5.66. The first kappa shape index (κ1) is 21.1. The fourth-order valence-corrected chi connectivity index (χ4v) is 4.51. The van der Waals surface area contributed by atoms with Crippen molar-refractivity contribution in [3.63, 3.8) is 0 Å². The van der Waals surface area contributed by atoms with Gasteiger partial charge in [0.05, 0.1) is 0 Å². The normalized spacial score (nSPS) is 24.7. The molecule has 29 heavy (non-hydrogen) atoms. The lowest BCUT2D eigenvalue weighted by Gasteiger charge is -2.37. The molecule has 158 valence electrons. The van der Waals surface area contributed by atoms with Gasteiger partial charge in [0.25, 0.3) is 0 Å². The maximum atomic E-state index is 13.5. The minimum Gasteiger partial charge on any atom is -0.480 e. The van der Waals surface area contributed by atoms with Gasteiger partial charge in [0.1, 0.15) is 18.7 Å². The summed E-state index contributed by atoms with van der Waals surface area (Å²) in [5, 5.41) is 12.4. The third-order valence-electron chi connectivity index (χ3n) is 5.97. The Balaban J connectivity index is 1.73. The highest BCUT2D eigenvalue weighted by molar-refractivity contribution is 5.90. The number of carboxylic acids is 1. The SMILES string of the molecule is CC(C)(C)[C@H](NC(=O)OCc1ccccc1)C(=O)N1C(C(=O)O)C[C@@H]2CCC[C@@H]21. The van der Waals surface area contributed by atoms with E-state index in [1.165, 1.54) is 4.90 Å². The molecule has 1 aliphatic heterocycles. The van der Waals surface area contributed by atoms with Crippen molar-refractivity contribution in [3.05, 3.63) is 35.9 Å². The number of ether oxygens (including phenoxy) is 1. The van der Waals surface area contributed by atoms with E-state index in [4.69, 9.17) is 4.74 Å². The number of carbonyl (C=O) groups excluding carboxylic acids is 2. The van der Waals surface area contributed by atoms with Crippen LogP contribution in [0.15, 0.2) is 30.3 Å². The second kappa shape index (κ2) is 8.43. The average Bonchev–Trinajstić information content (AvgIpc) is 3.25. The highest BCUT2D eigenvalue weighted by Gasteiger charge is 2.51. The molecule has 1 unspecified atom stereocenters. The number of amides is 2. The summed E-state index contributed by atoms with van der Waals surface area (Å²) >= 11 is 0. The van der Waals surface area contributed by atoms with E-state index in [-0.39, 0.29) is 24.5 Å². The third kappa shape index (κ3) is 4.71. The van der Waals surface area contributed by atoms with Gasteiger partial charge in [0.15, 0.2) is 0 Å². The van der Waals surface area contributed by atoms with Gasteiger partial charge in [-0.05, 0) is 36.2 Å².